The number of anilines is 1. The number of aliphatic hydroxyl groups excluding tert-OH is 2. The van der Waals surface area contributed by atoms with Gasteiger partial charge in [-0.3, -0.25) is 0 Å². The molecule has 2 aliphatic heterocycles. The van der Waals surface area contributed by atoms with Crippen molar-refractivity contribution in [3.63, 3.8) is 0 Å². The van der Waals surface area contributed by atoms with Crippen molar-refractivity contribution < 1.29 is 19.7 Å². The molecule has 0 bridgehead atoms. The molecule has 24 heavy (non-hydrogen) atoms. The Kier molecular flexibility index (Phi) is 6.49. The summed E-state index contributed by atoms with van der Waals surface area (Å²) in [6.07, 6.45) is 5.63. The Morgan fingerprint density at radius 1 is 1.04 bits per heavy atom. The van der Waals surface area contributed by atoms with E-state index in [2.05, 4.69) is 4.90 Å². The van der Waals surface area contributed by atoms with Crippen LogP contribution in [-0.4, -0.2) is 42.8 Å². The monoisotopic (exact) mass is 335 g/mol. The Hall–Kier alpha value is -1.14. The van der Waals surface area contributed by atoms with Gasteiger partial charge >= 0.3 is 0 Å². The summed E-state index contributed by atoms with van der Waals surface area (Å²) in [5, 5.41) is 18.8. The lowest BCUT2D eigenvalue weighted by molar-refractivity contribution is -0.169. The molecule has 2 fully saturated rings. The highest BCUT2D eigenvalue weighted by atomic mass is 16.7. The van der Waals surface area contributed by atoms with Gasteiger partial charge in [0.05, 0.1) is 19.8 Å². The second kappa shape index (κ2) is 8.81. The van der Waals surface area contributed by atoms with Gasteiger partial charge in [-0.05, 0) is 61.3 Å². The highest BCUT2D eigenvalue weighted by Gasteiger charge is 2.22. The largest absolute Gasteiger partial charge is 0.392 e. The summed E-state index contributed by atoms with van der Waals surface area (Å²) in [7, 11) is 0. The van der Waals surface area contributed by atoms with Crippen LogP contribution in [0.3, 0.4) is 0 Å². The first-order valence-electron chi connectivity index (χ1n) is 9.12. The van der Waals surface area contributed by atoms with Crippen LogP contribution in [0.1, 0.15) is 43.2 Å². The zero-order valence-corrected chi connectivity index (χ0v) is 14.3. The Labute approximate surface area is 144 Å². The molecule has 2 N–H and O–H groups in total. The topological polar surface area (TPSA) is 62.2 Å². The maximum atomic E-state index is 9.45. The molecule has 1 unspecified atom stereocenters. The second-order valence-electron chi connectivity index (χ2n) is 6.83. The van der Waals surface area contributed by atoms with E-state index in [9.17, 15) is 10.2 Å². The van der Waals surface area contributed by atoms with Gasteiger partial charge in [-0.25, -0.2) is 0 Å². The third-order valence-corrected chi connectivity index (χ3v) is 5.17. The molecule has 0 amide bonds. The fourth-order valence-corrected chi connectivity index (χ4v) is 3.55. The summed E-state index contributed by atoms with van der Waals surface area (Å²) in [6, 6.07) is 5.95. The number of aliphatic hydroxyl groups is 2. The van der Waals surface area contributed by atoms with Crippen molar-refractivity contribution in [3.05, 3.63) is 29.3 Å². The summed E-state index contributed by atoms with van der Waals surface area (Å²) >= 11 is 0. The predicted octanol–water partition coefficient (Wildman–Crippen LogP) is 2.43. The molecule has 0 aliphatic carbocycles. The van der Waals surface area contributed by atoms with Gasteiger partial charge in [0.25, 0.3) is 0 Å². The molecule has 0 spiro atoms. The Morgan fingerprint density at radius 2 is 1.83 bits per heavy atom. The molecule has 2 heterocycles. The molecule has 1 atom stereocenters. The van der Waals surface area contributed by atoms with Gasteiger partial charge in [0.15, 0.2) is 6.29 Å². The first-order chi connectivity index (χ1) is 11.8. The lowest BCUT2D eigenvalue weighted by Gasteiger charge is -2.34. The number of ether oxygens (including phenoxy) is 2. The number of nitrogens with zero attached hydrogens (tertiary/aromatic N) is 1. The first kappa shape index (κ1) is 17.7. The van der Waals surface area contributed by atoms with Gasteiger partial charge in [0, 0.05) is 25.4 Å². The molecule has 0 radical (unpaired) electrons. The number of hydrogen-bond acceptors (Lipinski definition) is 5. The van der Waals surface area contributed by atoms with Gasteiger partial charge in [0.2, 0.25) is 0 Å². The van der Waals surface area contributed by atoms with E-state index in [1.807, 2.05) is 18.2 Å². The molecule has 0 saturated carbocycles. The lowest BCUT2D eigenvalue weighted by Crippen LogP contribution is -2.36. The molecular weight excluding hydrogens is 306 g/mol. The van der Waals surface area contributed by atoms with Crippen LogP contribution >= 0.6 is 0 Å². The molecular formula is C19H29NO4. The van der Waals surface area contributed by atoms with Gasteiger partial charge in [-0.1, -0.05) is 6.07 Å². The molecule has 5 nitrogen and oxygen atoms in total. The van der Waals surface area contributed by atoms with Crippen molar-refractivity contribution >= 4 is 5.69 Å². The van der Waals surface area contributed by atoms with Gasteiger partial charge in [-0.2, -0.15) is 0 Å². The summed E-state index contributed by atoms with van der Waals surface area (Å²) < 4.78 is 11.6. The number of piperidine rings is 1. The predicted molar refractivity (Wildman–Crippen MR) is 92.8 cm³/mol. The molecule has 5 heteroatoms. The van der Waals surface area contributed by atoms with Crippen molar-refractivity contribution in [2.24, 2.45) is 5.92 Å². The van der Waals surface area contributed by atoms with Gasteiger partial charge in [0.1, 0.15) is 0 Å². The molecule has 2 aliphatic rings. The molecule has 1 aromatic carbocycles. The Bertz CT molecular complexity index is 508. The van der Waals surface area contributed by atoms with Crippen LogP contribution < -0.4 is 4.90 Å². The van der Waals surface area contributed by atoms with Crippen LogP contribution in [0.2, 0.25) is 0 Å². The summed E-state index contributed by atoms with van der Waals surface area (Å²) in [5.41, 5.74) is 2.75. The molecule has 1 aromatic rings. The minimum atomic E-state index is -0.0323. The summed E-state index contributed by atoms with van der Waals surface area (Å²) in [4.78, 5) is 2.36. The first-order valence-corrected chi connectivity index (χ1v) is 9.12. The highest BCUT2D eigenvalue weighted by molar-refractivity contribution is 5.51. The van der Waals surface area contributed by atoms with Crippen molar-refractivity contribution in [1.82, 2.24) is 0 Å². The van der Waals surface area contributed by atoms with Crippen LogP contribution in [0.4, 0.5) is 5.69 Å². The maximum Gasteiger partial charge on any atom is 0.157 e. The van der Waals surface area contributed by atoms with Crippen molar-refractivity contribution in [1.29, 1.82) is 0 Å². The van der Waals surface area contributed by atoms with Crippen LogP contribution in [0, 0.1) is 5.92 Å². The normalized spacial score (nSPS) is 22.8. The Morgan fingerprint density at radius 3 is 2.50 bits per heavy atom. The van der Waals surface area contributed by atoms with Crippen molar-refractivity contribution in [2.45, 2.75) is 51.6 Å². The lowest BCUT2D eigenvalue weighted by atomic mass is 9.96. The summed E-state index contributed by atoms with van der Waals surface area (Å²) in [6.45, 7) is 3.57. The van der Waals surface area contributed by atoms with Crippen LogP contribution in [0.25, 0.3) is 0 Å². The van der Waals surface area contributed by atoms with Crippen molar-refractivity contribution in [3.8, 4) is 0 Å². The zero-order chi connectivity index (χ0) is 16.8. The molecule has 134 valence electrons. The van der Waals surface area contributed by atoms with E-state index in [0.29, 0.717) is 5.92 Å². The van der Waals surface area contributed by atoms with E-state index >= 15 is 0 Å². The third kappa shape index (κ3) is 4.48. The van der Waals surface area contributed by atoms with Gasteiger partial charge < -0.3 is 24.6 Å². The molecule has 0 aromatic heterocycles. The maximum absolute atomic E-state index is 9.45. The zero-order valence-electron chi connectivity index (χ0n) is 14.3. The molecule has 3 rings (SSSR count). The summed E-state index contributed by atoms with van der Waals surface area (Å²) in [5.74, 6) is 0.598. The number of benzene rings is 1. The van der Waals surface area contributed by atoms with Crippen LogP contribution in [0.5, 0.6) is 0 Å². The number of hydrogen-bond donors (Lipinski definition) is 2. The second-order valence-corrected chi connectivity index (χ2v) is 6.83. The molecule has 2 saturated heterocycles. The standard InChI is InChI=1S/C19H29NO4/c21-12-16-4-5-18(11-17(16)13-22)20-8-6-15(7-9-20)14-24-19-3-1-2-10-23-19/h4-5,11,15,19,21-22H,1-3,6-10,12-14H2. The smallest absolute Gasteiger partial charge is 0.157 e. The average Bonchev–Trinajstić information content (AvgIpc) is 2.67. The van der Waals surface area contributed by atoms with E-state index in [-0.39, 0.29) is 19.5 Å². The van der Waals surface area contributed by atoms with E-state index < -0.39 is 0 Å². The van der Waals surface area contributed by atoms with E-state index in [4.69, 9.17) is 9.47 Å². The van der Waals surface area contributed by atoms with E-state index in [0.717, 1.165) is 68.8 Å². The fraction of sp³-hybridized carbons (Fsp3) is 0.684. The van der Waals surface area contributed by atoms with Gasteiger partial charge in [-0.15, -0.1) is 0 Å². The van der Waals surface area contributed by atoms with E-state index in [1.165, 1.54) is 6.42 Å². The number of rotatable bonds is 6. The highest BCUT2D eigenvalue weighted by Crippen LogP contribution is 2.26. The van der Waals surface area contributed by atoms with E-state index in [1.54, 1.807) is 0 Å². The fourth-order valence-electron chi connectivity index (χ4n) is 3.55. The minimum Gasteiger partial charge on any atom is -0.392 e. The van der Waals surface area contributed by atoms with Crippen LogP contribution in [-0.2, 0) is 22.7 Å². The quantitative estimate of drug-likeness (QED) is 0.836. The SMILES string of the molecule is OCc1ccc(N2CCC(COC3CCCCO3)CC2)cc1CO. The minimum absolute atomic E-state index is 0.00918. The van der Waals surface area contributed by atoms with Crippen molar-refractivity contribution in [2.75, 3.05) is 31.2 Å². The average molecular weight is 335 g/mol. The Balaban J connectivity index is 1.47. The third-order valence-electron chi connectivity index (χ3n) is 5.17. The van der Waals surface area contributed by atoms with Crippen LogP contribution in [0.15, 0.2) is 18.2 Å².